The number of likely N-dealkylation sites (N-methyl/N-ethyl adjacent to an activating group) is 1. The Balaban J connectivity index is 2.34. The average molecular weight is 372 g/mol. The van der Waals surface area contributed by atoms with Crippen molar-refractivity contribution >= 4 is 27.5 Å². The summed E-state index contributed by atoms with van der Waals surface area (Å²) in [6.07, 6.45) is 1.78. The second-order valence-electron chi connectivity index (χ2n) is 5.41. The molecule has 0 aliphatic rings. The molecule has 0 fully saturated rings. The van der Waals surface area contributed by atoms with Crippen LogP contribution >= 0.6 is 27.5 Å². The second-order valence-corrected chi connectivity index (χ2v) is 6.67. The van der Waals surface area contributed by atoms with Crippen molar-refractivity contribution in [2.45, 2.75) is 19.5 Å². The Labute approximate surface area is 139 Å². The van der Waals surface area contributed by atoms with E-state index >= 15 is 0 Å². The predicted molar refractivity (Wildman–Crippen MR) is 90.7 cm³/mol. The number of benzene rings is 1. The highest BCUT2D eigenvalue weighted by molar-refractivity contribution is 9.10. The van der Waals surface area contributed by atoms with Gasteiger partial charge in [0.05, 0.1) is 29.0 Å². The van der Waals surface area contributed by atoms with Gasteiger partial charge in [0.1, 0.15) is 0 Å². The number of aryl methyl sites for hydroxylation is 1. The fourth-order valence-corrected chi connectivity index (χ4v) is 3.08. The molecule has 0 radical (unpaired) electrons. The quantitative estimate of drug-likeness (QED) is 0.878. The van der Waals surface area contributed by atoms with E-state index in [1.165, 1.54) is 0 Å². The van der Waals surface area contributed by atoms with Crippen molar-refractivity contribution in [2.24, 2.45) is 5.73 Å². The topological polar surface area (TPSA) is 47.1 Å². The van der Waals surface area contributed by atoms with Crippen LogP contribution < -0.4 is 5.73 Å². The van der Waals surface area contributed by atoms with Gasteiger partial charge in [-0.05, 0) is 54.1 Å². The summed E-state index contributed by atoms with van der Waals surface area (Å²) in [4.78, 5) is 2.11. The number of rotatable bonds is 5. The van der Waals surface area contributed by atoms with Crippen molar-refractivity contribution in [3.63, 3.8) is 0 Å². The van der Waals surface area contributed by atoms with E-state index < -0.39 is 0 Å². The minimum Gasteiger partial charge on any atom is -0.319 e. The molecule has 1 atom stereocenters. The van der Waals surface area contributed by atoms with Crippen LogP contribution in [0.1, 0.15) is 22.9 Å². The first-order valence-electron chi connectivity index (χ1n) is 6.77. The van der Waals surface area contributed by atoms with Gasteiger partial charge in [-0.3, -0.25) is 4.68 Å². The second kappa shape index (κ2) is 6.92. The molecule has 114 valence electrons. The summed E-state index contributed by atoms with van der Waals surface area (Å²) in [5.74, 6) is 0. The van der Waals surface area contributed by atoms with E-state index in [2.05, 4.69) is 25.9 Å². The van der Waals surface area contributed by atoms with Crippen molar-refractivity contribution in [3.05, 3.63) is 50.7 Å². The summed E-state index contributed by atoms with van der Waals surface area (Å²) in [5.41, 5.74) is 9.41. The fraction of sp³-hybridized carbons (Fsp3) is 0.400. The third kappa shape index (κ3) is 3.86. The third-order valence-electron chi connectivity index (χ3n) is 3.38. The van der Waals surface area contributed by atoms with E-state index in [0.717, 1.165) is 34.4 Å². The lowest BCUT2D eigenvalue weighted by molar-refractivity contribution is 0.368. The monoisotopic (exact) mass is 370 g/mol. The zero-order chi connectivity index (χ0) is 15.6. The Hall–Kier alpha value is -0.880. The van der Waals surface area contributed by atoms with Crippen LogP contribution in [-0.4, -0.2) is 35.3 Å². The number of hydrogen-bond donors (Lipinski definition) is 1. The number of hydrogen-bond acceptors (Lipinski definition) is 3. The summed E-state index contributed by atoms with van der Waals surface area (Å²) in [6, 6.07) is 5.63. The molecule has 0 aliphatic heterocycles. The Morgan fingerprint density at radius 3 is 2.76 bits per heavy atom. The normalized spacial score (nSPS) is 12.9. The van der Waals surface area contributed by atoms with Gasteiger partial charge in [-0.2, -0.15) is 5.10 Å². The minimum absolute atomic E-state index is 0.308. The molecule has 0 amide bonds. The van der Waals surface area contributed by atoms with Crippen LogP contribution in [0.15, 0.2) is 28.9 Å². The van der Waals surface area contributed by atoms with E-state index in [4.69, 9.17) is 17.3 Å². The highest BCUT2D eigenvalue weighted by Crippen LogP contribution is 2.31. The molecule has 2 aromatic rings. The summed E-state index contributed by atoms with van der Waals surface area (Å²) >= 11 is 9.88. The number of nitrogens with two attached hydrogens (primary N) is 1. The molecule has 0 bridgehead atoms. The van der Waals surface area contributed by atoms with Gasteiger partial charge in [-0.1, -0.05) is 23.7 Å². The fourth-order valence-electron chi connectivity index (χ4n) is 2.19. The van der Waals surface area contributed by atoms with Crippen molar-refractivity contribution in [1.29, 1.82) is 0 Å². The molecule has 0 spiro atoms. The van der Waals surface area contributed by atoms with Crippen molar-refractivity contribution in [3.8, 4) is 0 Å². The Morgan fingerprint density at radius 2 is 2.14 bits per heavy atom. The molecule has 0 aliphatic carbocycles. The van der Waals surface area contributed by atoms with Gasteiger partial charge in [-0.15, -0.1) is 0 Å². The van der Waals surface area contributed by atoms with Gasteiger partial charge >= 0.3 is 0 Å². The maximum Gasteiger partial charge on any atom is 0.0749 e. The molecule has 1 unspecified atom stereocenters. The Morgan fingerprint density at radius 1 is 1.43 bits per heavy atom. The molecular formula is C15H20BrClN4. The standard InChI is InChI=1S/C15H20BrClN4/c1-10-4-5-11(13(17)8-10)14(18)15-12(16)9-19-21(15)7-6-20(2)3/h4-5,8-9,14H,6-7,18H2,1-3H3. The molecule has 1 aromatic carbocycles. The molecule has 2 N–H and O–H groups in total. The van der Waals surface area contributed by atoms with Crippen LogP contribution in [0.4, 0.5) is 0 Å². The van der Waals surface area contributed by atoms with Crippen LogP contribution in [-0.2, 0) is 6.54 Å². The van der Waals surface area contributed by atoms with Gasteiger partial charge < -0.3 is 10.6 Å². The number of halogens is 2. The van der Waals surface area contributed by atoms with Gasteiger partial charge in [0.25, 0.3) is 0 Å². The lowest BCUT2D eigenvalue weighted by Gasteiger charge is -2.18. The molecule has 0 saturated carbocycles. The molecule has 2 rings (SSSR count). The van der Waals surface area contributed by atoms with Crippen molar-refractivity contribution in [1.82, 2.24) is 14.7 Å². The SMILES string of the molecule is Cc1ccc(C(N)c2c(Br)cnn2CCN(C)C)c(Cl)c1. The number of aromatic nitrogens is 2. The van der Waals surface area contributed by atoms with Crippen molar-refractivity contribution < 1.29 is 0 Å². The van der Waals surface area contributed by atoms with Crippen molar-refractivity contribution in [2.75, 3.05) is 20.6 Å². The van der Waals surface area contributed by atoms with E-state index in [0.29, 0.717) is 5.02 Å². The lowest BCUT2D eigenvalue weighted by Crippen LogP contribution is -2.23. The molecule has 1 aromatic heterocycles. The molecule has 0 saturated heterocycles. The first-order valence-corrected chi connectivity index (χ1v) is 7.95. The van der Waals surface area contributed by atoms with Gasteiger partial charge in [0, 0.05) is 11.6 Å². The average Bonchev–Trinajstić information content (AvgIpc) is 2.77. The van der Waals surface area contributed by atoms with Crippen LogP contribution in [0.25, 0.3) is 0 Å². The first-order chi connectivity index (χ1) is 9.90. The Bertz CT molecular complexity index is 624. The lowest BCUT2D eigenvalue weighted by atomic mass is 10.0. The van der Waals surface area contributed by atoms with E-state index in [-0.39, 0.29) is 6.04 Å². The predicted octanol–water partition coefficient (Wildman–Crippen LogP) is 3.22. The minimum atomic E-state index is -0.308. The summed E-state index contributed by atoms with van der Waals surface area (Å²) < 4.78 is 2.84. The first kappa shape index (κ1) is 16.5. The maximum absolute atomic E-state index is 6.43. The van der Waals surface area contributed by atoms with Crippen LogP contribution in [0.2, 0.25) is 5.02 Å². The molecular weight excluding hydrogens is 352 g/mol. The van der Waals surface area contributed by atoms with Gasteiger partial charge in [0.15, 0.2) is 0 Å². The molecule has 1 heterocycles. The largest absolute Gasteiger partial charge is 0.319 e. The summed E-state index contributed by atoms with van der Waals surface area (Å²) in [5, 5.41) is 5.09. The highest BCUT2D eigenvalue weighted by Gasteiger charge is 2.20. The summed E-state index contributed by atoms with van der Waals surface area (Å²) in [6.45, 7) is 3.69. The summed E-state index contributed by atoms with van der Waals surface area (Å²) in [7, 11) is 4.07. The van der Waals surface area contributed by atoms with E-state index in [1.807, 2.05) is 43.9 Å². The molecule has 6 heteroatoms. The van der Waals surface area contributed by atoms with E-state index in [1.54, 1.807) is 6.20 Å². The van der Waals surface area contributed by atoms with Gasteiger partial charge in [0.2, 0.25) is 0 Å². The number of nitrogens with zero attached hydrogens (tertiary/aromatic N) is 3. The smallest absolute Gasteiger partial charge is 0.0749 e. The zero-order valence-corrected chi connectivity index (χ0v) is 14.8. The third-order valence-corrected chi connectivity index (χ3v) is 4.32. The van der Waals surface area contributed by atoms with Crippen LogP contribution in [0, 0.1) is 6.92 Å². The van der Waals surface area contributed by atoms with Crippen LogP contribution in [0.5, 0.6) is 0 Å². The molecule has 4 nitrogen and oxygen atoms in total. The van der Waals surface area contributed by atoms with E-state index in [9.17, 15) is 0 Å². The van der Waals surface area contributed by atoms with Crippen LogP contribution in [0.3, 0.4) is 0 Å². The zero-order valence-electron chi connectivity index (χ0n) is 12.5. The maximum atomic E-state index is 6.43. The van der Waals surface area contributed by atoms with Gasteiger partial charge in [-0.25, -0.2) is 0 Å². The Kier molecular flexibility index (Phi) is 5.43. The highest BCUT2D eigenvalue weighted by atomic mass is 79.9. The molecule has 21 heavy (non-hydrogen) atoms.